The van der Waals surface area contributed by atoms with Gasteiger partial charge in [-0.25, -0.2) is 19.9 Å². The zero-order valence-electron chi connectivity index (χ0n) is 24.0. The highest BCUT2D eigenvalue weighted by Gasteiger charge is 2.47. The molecule has 226 valence electrons. The number of anilines is 4. The van der Waals surface area contributed by atoms with Gasteiger partial charge in [0.1, 0.15) is 16.7 Å². The smallest absolute Gasteiger partial charge is 0.227 e. The van der Waals surface area contributed by atoms with Gasteiger partial charge in [-0.3, -0.25) is 0 Å². The van der Waals surface area contributed by atoms with Gasteiger partial charge >= 0.3 is 0 Å². The van der Waals surface area contributed by atoms with Crippen LogP contribution in [-0.2, 0) is 4.74 Å². The van der Waals surface area contributed by atoms with Gasteiger partial charge in [-0.15, -0.1) is 0 Å². The molecule has 3 saturated heterocycles. The average molecular weight is 623 g/mol. The second-order valence-electron chi connectivity index (χ2n) is 11.6. The lowest BCUT2D eigenvalue weighted by Gasteiger charge is -2.41. The summed E-state index contributed by atoms with van der Waals surface area (Å²) in [6, 6.07) is 5.94. The number of nitrogens with two attached hydrogens (primary N) is 1. The molecule has 4 N–H and O–H groups in total. The SMILES string of the molecule is C[C@@H]1OCC2(CCN(c3cnc(Sc4ccnc(Nc5ccnc(N6CCC(C#N)(CO)CC6)n5)c4Cl)cn3)CC2)[C@@H]1N. The number of aliphatic hydroxyl groups excluding tert-OH is 1. The standard InChI is InChI=1S/C29H35ClN10O2S/c1-19-25(32)29(18-42-19)6-12-39(13-7-29)22-14-36-23(15-35-22)43-20-2-8-33-26(24(20)30)37-21-3-9-34-27(38-21)40-10-4-28(16-31,17-41)5-11-40/h2-3,8-9,14-15,19,25,41H,4-7,10-13,17-18,32H2,1H3,(H,33,34,37,38)/t19-,25+/m0/s1. The minimum Gasteiger partial charge on any atom is -0.395 e. The summed E-state index contributed by atoms with van der Waals surface area (Å²) in [5.41, 5.74) is 5.84. The van der Waals surface area contributed by atoms with Crippen molar-refractivity contribution in [2.75, 3.05) is 54.5 Å². The molecule has 12 nitrogen and oxygen atoms in total. The maximum Gasteiger partial charge on any atom is 0.227 e. The van der Waals surface area contributed by atoms with Gasteiger partial charge in [-0.1, -0.05) is 23.4 Å². The zero-order valence-corrected chi connectivity index (χ0v) is 25.6. The van der Waals surface area contributed by atoms with Crippen LogP contribution in [0, 0.1) is 22.2 Å². The monoisotopic (exact) mass is 622 g/mol. The van der Waals surface area contributed by atoms with E-state index in [9.17, 15) is 10.4 Å². The van der Waals surface area contributed by atoms with Crippen LogP contribution >= 0.6 is 23.4 Å². The van der Waals surface area contributed by atoms with Crippen LogP contribution in [0.2, 0.25) is 5.02 Å². The molecule has 6 rings (SSSR count). The number of hydrogen-bond acceptors (Lipinski definition) is 13. The first-order chi connectivity index (χ1) is 20.8. The molecular weight excluding hydrogens is 588 g/mol. The van der Waals surface area contributed by atoms with E-state index in [4.69, 9.17) is 27.1 Å². The summed E-state index contributed by atoms with van der Waals surface area (Å²) >= 11 is 8.18. The largest absolute Gasteiger partial charge is 0.395 e. The van der Waals surface area contributed by atoms with Crippen molar-refractivity contribution in [1.82, 2.24) is 24.9 Å². The van der Waals surface area contributed by atoms with E-state index in [1.165, 1.54) is 11.8 Å². The van der Waals surface area contributed by atoms with Crippen molar-refractivity contribution >= 4 is 46.8 Å². The predicted octanol–water partition coefficient (Wildman–Crippen LogP) is 3.64. The van der Waals surface area contributed by atoms with Gasteiger partial charge in [0.25, 0.3) is 0 Å². The summed E-state index contributed by atoms with van der Waals surface area (Å²) in [4.78, 5) is 27.9. The lowest BCUT2D eigenvalue weighted by atomic mass is 9.73. The van der Waals surface area contributed by atoms with Crippen LogP contribution in [0.5, 0.6) is 0 Å². The van der Waals surface area contributed by atoms with Gasteiger partial charge in [0.15, 0.2) is 5.82 Å². The molecule has 3 aliphatic rings. The molecule has 0 unspecified atom stereocenters. The summed E-state index contributed by atoms with van der Waals surface area (Å²) in [7, 11) is 0. The Kier molecular flexibility index (Phi) is 8.57. The molecule has 3 aromatic heterocycles. The van der Waals surface area contributed by atoms with Gasteiger partial charge in [0, 0.05) is 54.9 Å². The van der Waals surface area contributed by atoms with Crippen molar-refractivity contribution in [3.8, 4) is 6.07 Å². The van der Waals surface area contributed by atoms with Crippen LogP contribution in [0.4, 0.5) is 23.4 Å². The number of piperidine rings is 2. The van der Waals surface area contributed by atoms with E-state index in [1.54, 1.807) is 24.7 Å². The highest BCUT2D eigenvalue weighted by molar-refractivity contribution is 7.99. The molecule has 3 fully saturated rings. The summed E-state index contributed by atoms with van der Waals surface area (Å²) in [5, 5.41) is 23.5. The molecule has 0 amide bonds. The van der Waals surface area contributed by atoms with Crippen LogP contribution in [0.15, 0.2) is 46.8 Å². The number of rotatable bonds is 7. The fraction of sp³-hybridized carbons (Fsp3) is 0.517. The average Bonchev–Trinajstić information content (AvgIpc) is 3.32. The fourth-order valence-electron chi connectivity index (χ4n) is 6.02. The Bertz CT molecular complexity index is 1470. The number of aliphatic hydroxyl groups is 1. The number of ether oxygens (including phenoxy) is 1. The normalized spacial score (nSPS) is 22.9. The highest BCUT2D eigenvalue weighted by Crippen LogP contribution is 2.42. The summed E-state index contributed by atoms with van der Waals surface area (Å²) in [6.45, 7) is 5.58. The Labute approximate surface area is 260 Å². The van der Waals surface area contributed by atoms with Crippen LogP contribution in [-0.4, -0.2) is 81.6 Å². The topological polar surface area (TPSA) is 162 Å². The van der Waals surface area contributed by atoms with E-state index in [-0.39, 0.29) is 24.2 Å². The molecule has 3 aliphatic heterocycles. The first-order valence-electron chi connectivity index (χ1n) is 14.5. The van der Waals surface area contributed by atoms with Gasteiger partial charge in [-0.2, -0.15) is 10.2 Å². The van der Waals surface area contributed by atoms with E-state index in [0.717, 1.165) is 48.3 Å². The Hall–Kier alpha value is -3.28. The van der Waals surface area contributed by atoms with E-state index >= 15 is 0 Å². The molecular formula is C29H35ClN10O2S. The van der Waals surface area contributed by atoms with Crippen molar-refractivity contribution in [2.45, 2.75) is 54.7 Å². The third-order valence-corrected chi connectivity index (χ3v) is 10.5. The Morgan fingerprint density at radius 1 is 1.09 bits per heavy atom. The zero-order chi connectivity index (χ0) is 30.0. The number of nitrogens with zero attached hydrogens (tertiary/aromatic N) is 8. The lowest BCUT2D eigenvalue weighted by molar-refractivity contribution is 0.0974. The quantitative estimate of drug-likeness (QED) is 0.350. The van der Waals surface area contributed by atoms with E-state index in [1.807, 2.05) is 17.2 Å². The molecule has 1 spiro atoms. The fourth-order valence-corrected chi connectivity index (χ4v) is 7.04. The Balaban J connectivity index is 1.08. The number of aromatic nitrogens is 5. The van der Waals surface area contributed by atoms with Gasteiger partial charge in [0.2, 0.25) is 5.95 Å². The van der Waals surface area contributed by atoms with Crippen LogP contribution in [0.25, 0.3) is 0 Å². The molecule has 0 bridgehead atoms. The molecule has 0 radical (unpaired) electrons. The number of pyridine rings is 1. The molecule has 0 aliphatic carbocycles. The number of hydrogen-bond donors (Lipinski definition) is 3. The first-order valence-corrected chi connectivity index (χ1v) is 15.7. The van der Waals surface area contributed by atoms with Crippen molar-refractivity contribution in [3.05, 3.63) is 41.9 Å². The molecule has 0 aromatic carbocycles. The van der Waals surface area contributed by atoms with E-state index in [2.05, 4.69) is 43.1 Å². The van der Waals surface area contributed by atoms with Gasteiger partial charge < -0.3 is 30.7 Å². The van der Waals surface area contributed by atoms with Crippen molar-refractivity contribution < 1.29 is 9.84 Å². The molecule has 6 heterocycles. The second-order valence-corrected chi connectivity index (χ2v) is 13.0. The van der Waals surface area contributed by atoms with Gasteiger partial charge in [0.05, 0.1) is 48.2 Å². The van der Waals surface area contributed by atoms with Crippen LogP contribution in [0.3, 0.4) is 0 Å². The number of nitrogens with one attached hydrogen (secondary N) is 1. The Morgan fingerprint density at radius 3 is 2.49 bits per heavy atom. The summed E-state index contributed by atoms with van der Waals surface area (Å²) < 4.78 is 5.85. The van der Waals surface area contributed by atoms with Crippen LogP contribution in [0.1, 0.15) is 32.6 Å². The maximum atomic E-state index is 9.64. The highest BCUT2D eigenvalue weighted by atomic mass is 35.5. The van der Waals surface area contributed by atoms with Crippen molar-refractivity contribution in [1.29, 1.82) is 5.26 Å². The predicted molar refractivity (Wildman–Crippen MR) is 165 cm³/mol. The maximum absolute atomic E-state index is 9.64. The molecule has 43 heavy (non-hydrogen) atoms. The first kappa shape index (κ1) is 29.8. The minimum absolute atomic E-state index is 0.0648. The molecule has 0 saturated carbocycles. The molecule has 14 heteroatoms. The second kappa shape index (κ2) is 12.4. The summed E-state index contributed by atoms with van der Waals surface area (Å²) in [6.07, 6.45) is 10.1. The van der Waals surface area contributed by atoms with Crippen molar-refractivity contribution in [2.24, 2.45) is 16.6 Å². The third kappa shape index (κ3) is 6.07. The molecule has 3 aromatic rings. The third-order valence-electron chi connectivity index (χ3n) is 9.05. The Morgan fingerprint density at radius 2 is 1.84 bits per heavy atom. The molecule has 2 atom stereocenters. The van der Waals surface area contributed by atoms with E-state index < -0.39 is 5.41 Å². The van der Waals surface area contributed by atoms with Gasteiger partial charge in [-0.05, 0) is 44.7 Å². The number of halogens is 1. The van der Waals surface area contributed by atoms with Crippen molar-refractivity contribution in [3.63, 3.8) is 0 Å². The minimum atomic E-state index is -0.692. The van der Waals surface area contributed by atoms with Crippen LogP contribution < -0.4 is 20.9 Å². The lowest BCUT2D eigenvalue weighted by Crippen LogP contribution is -2.50. The summed E-state index contributed by atoms with van der Waals surface area (Å²) in [5.74, 6) is 2.41. The van der Waals surface area contributed by atoms with E-state index in [0.29, 0.717) is 48.5 Å². The number of nitriles is 1.